The van der Waals surface area contributed by atoms with Crippen LogP contribution in [0.5, 0.6) is 0 Å². The van der Waals surface area contributed by atoms with Gasteiger partial charge in [0.15, 0.2) is 0 Å². The molecule has 0 unspecified atom stereocenters. The van der Waals surface area contributed by atoms with Crippen molar-refractivity contribution in [1.82, 2.24) is 0 Å². The number of hydrogen-bond donors (Lipinski definition) is 1. The van der Waals surface area contributed by atoms with Crippen LogP contribution in [0.4, 0.5) is 0 Å². The molecular formula is C26H52NO4+. The van der Waals surface area contributed by atoms with Crippen molar-refractivity contribution in [3.63, 3.8) is 0 Å². The van der Waals surface area contributed by atoms with Crippen LogP contribution in [-0.4, -0.2) is 55.8 Å². The summed E-state index contributed by atoms with van der Waals surface area (Å²) in [5, 5.41) is 8.59. The highest BCUT2D eigenvalue weighted by atomic mass is 16.5. The van der Waals surface area contributed by atoms with Crippen LogP contribution in [0.1, 0.15) is 122 Å². The number of likely N-dealkylation sites (N-methyl/N-ethyl adjacent to an activating group) is 1. The number of esters is 1. The molecule has 0 fully saturated rings. The standard InChI is InChI=1S/C26H51NO4/c1-27(2,3)23-24-31-26(30)22-20-18-16-14-12-10-8-6-4-5-7-9-11-13-15-17-19-21-25(28)29/h4-24H2,1-3H3/p+1. The fourth-order valence-electron chi connectivity index (χ4n) is 3.70. The third kappa shape index (κ3) is 26.9. The normalized spacial score (nSPS) is 11.6. The van der Waals surface area contributed by atoms with Gasteiger partial charge in [-0.15, -0.1) is 0 Å². The lowest BCUT2D eigenvalue weighted by molar-refractivity contribution is -0.870. The number of quaternary nitrogens is 1. The Morgan fingerprint density at radius 3 is 1.23 bits per heavy atom. The lowest BCUT2D eigenvalue weighted by atomic mass is 10.0. The second-order valence-electron chi connectivity index (χ2n) is 10.1. The maximum atomic E-state index is 11.7. The Balaban J connectivity index is 3.15. The number of carbonyl (C=O) groups excluding carboxylic acids is 1. The zero-order valence-corrected chi connectivity index (χ0v) is 21.0. The lowest BCUT2D eigenvalue weighted by Crippen LogP contribution is -2.37. The van der Waals surface area contributed by atoms with Gasteiger partial charge in [0.25, 0.3) is 0 Å². The van der Waals surface area contributed by atoms with Gasteiger partial charge in [-0.05, 0) is 12.8 Å². The maximum absolute atomic E-state index is 11.7. The topological polar surface area (TPSA) is 63.6 Å². The van der Waals surface area contributed by atoms with Gasteiger partial charge in [-0.2, -0.15) is 0 Å². The van der Waals surface area contributed by atoms with Crippen molar-refractivity contribution in [2.75, 3.05) is 34.3 Å². The molecule has 0 aromatic heterocycles. The largest absolute Gasteiger partial charge is 0.481 e. The van der Waals surface area contributed by atoms with E-state index in [4.69, 9.17) is 9.84 Å². The molecule has 5 nitrogen and oxygen atoms in total. The van der Waals surface area contributed by atoms with Crippen LogP contribution in [-0.2, 0) is 14.3 Å². The number of carbonyl (C=O) groups is 2. The fourth-order valence-corrected chi connectivity index (χ4v) is 3.70. The molecule has 0 aromatic carbocycles. The fraction of sp³-hybridized carbons (Fsp3) is 0.923. The molecule has 0 saturated carbocycles. The van der Waals surface area contributed by atoms with E-state index in [-0.39, 0.29) is 5.97 Å². The zero-order chi connectivity index (χ0) is 23.2. The summed E-state index contributed by atoms with van der Waals surface area (Å²) in [7, 11) is 6.31. The summed E-state index contributed by atoms with van der Waals surface area (Å²) in [5.74, 6) is -0.704. The van der Waals surface area contributed by atoms with E-state index in [0.29, 0.717) is 19.4 Å². The van der Waals surface area contributed by atoms with Crippen molar-refractivity contribution >= 4 is 11.9 Å². The summed E-state index contributed by atoms with van der Waals surface area (Å²) in [6.45, 7) is 1.39. The number of nitrogens with zero attached hydrogens (tertiary/aromatic N) is 1. The highest BCUT2D eigenvalue weighted by Crippen LogP contribution is 2.14. The van der Waals surface area contributed by atoms with Gasteiger partial charge in [0, 0.05) is 12.8 Å². The van der Waals surface area contributed by atoms with Gasteiger partial charge in [0.05, 0.1) is 21.1 Å². The van der Waals surface area contributed by atoms with Gasteiger partial charge in [-0.3, -0.25) is 9.59 Å². The van der Waals surface area contributed by atoms with Crippen LogP contribution in [0, 0.1) is 0 Å². The smallest absolute Gasteiger partial charge is 0.305 e. The van der Waals surface area contributed by atoms with Gasteiger partial charge < -0.3 is 14.3 Å². The van der Waals surface area contributed by atoms with Gasteiger partial charge in [-0.25, -0.2) is 0 Å². The molecule has 0 rings (SSSR count). The van der Waals surface area contributed by atoms with Crippen LogP contribution in [0.15, 0.2) is 0 Å². The summed E-state index contributed by atoms with van der Waals surface area (Å²) in [6.07, 6.45) is 22.0. The van der Waals surface area contributed by atoms with E-state index in [1.165, 1.54) is 83.5 Å². The van der Waals surface area contributed by atoms with Crippen molar-refractivity contribution in [2.45, 2.75) is 122 Å². The SMILES string of the molecule is C[N+](C)(C)CCOC(=O)CCCCCCCCCCCCCCCCCCCC(=O)O. The van der Waals surface area contributed by atoms with Gasteiger partial charge in [0.2, 0.25) is 0 Å². The third-order valence-corrected chi connectivity index (χ3v) is 5.80. The molecule has 31 heavy (non-hydrogen) atoms. The first-order valence-corrected chi connectivity index (χ1v) is 13.0. The van der Waals surface area contributed by atoms with Gasteiger partial charge in [-0.1, -0.05) is 96.3 Å². The average molecular weight is 443 g/mol. The molecule has 1 N–H and O–H groups in total. The zero-order valence-electron chi connectivity index (χ0n) is 21.0. The quantitative estimate of drug-likeness (QED) is 0.108. The van der Waals surface area contributed by atoms with E-state index < -0.39 is 5.97 Å². The molecule has 0 aromatic rings. The Morgan fingerprint density at radius 2 is 0.903 bits per heavy atom. The molecule has 0 heterocycles. The predicted molar refractivity (Wildman–Crippen MR) is 129 cm³/mol. The minimum atomic E-state index is -0.666. The van der Waals surface area contributed by atoms with E-state index in [1.807, 2.05) is 0 Å². The monoisotopic (exact) mass is 442 g/mol. The van der Waals surface area contributed by atoms with Crippen LogP contribution in [0.25, 0.3) is 0 Å². The number of unbranched alkanes of at least 4 members (excludes halogenated alkanes) is 16. The van der Waals surface area contributed by atoms with Crippen molar-refractivity contribution in [3.05, 3.63) is 0 Å². The Morgan fingerprint density at radius 1 is 0.581 bits per heavy atom. The van der Waals surface area contributed by atoms with Crippen molar-refractivity contribution in [3.8, 4) is 0 Å². The van der Waals surface area contributed by atoms with Crippen LogP contribution in [0.2, 0.25) is 0 Å². The molecule has 0 amide bonds. The van der Waals surface area contributed by atoms with E-state index in [2.05, 4.69) is 21.1 Å². The minimum Gasteiger partial charge on any atom is -0.481 e. The molecule has 0 bridgehead atoms. The van der Waals surface area contributed by atoms with Crippen molar-refractivity contribution in [2.24, 2.45) is 0 Å². The van der Waals surface area contributed by atoms with Gasteiger partial charge >= 0.3 is 11.9 Å². The Kier molecular flexibility index (Phi) is 20.0. The molecule has 184 valence electrons. The number of hydrogen-bond acceptors (Lipinski definition) is 3. The number of ether oxygens (including phenoxy) is 1. The summed E-state index contributed by atoms with van der Waals surface area (Å²) < 4.78 is 6.11. The molecule has 0 radical (unpaired) electrons. The summed E-state index contributed by atoms with van der Waals surface area (Å²) >= 11 is 0. The van der Waals surface area contributed by atoms with E-state index in [1.54, 1.807) is 0 Å². The van der Waals surface area contributed by atoms with E-state index >= 15 is 0 Å². The highest BCUT2D eigenvalue weighted by molar-refractivity contribution is 5.69. The van der Waals surface area contributed by atoms with E-state index in [0.717, 1.165) is 36.7 Å². The van der Waals surface area contributed by atoms with Crippen LogP contribution >= 0.6 is 0 Å². The maximum Gasteiger partial charge on any atom is 0.305 e. The molecule has 0 saturated heterocycles. The van der Waals surface area contributed by atoms with Crippen molar-refractivity contribution < 1.29 is 23.9 Å². The second kappa shape index (κ2) is 20.8. The number of rotatable bonds is 23. The van der Waals surface area contributed by atoms with Gasteiger partial charge in [0.1, 0.15) is 13.2 Å². The summed E-state index contributed by atoms with van der Waals surface area (Å²) in [4.78, 5) is 22.1. The number of carboxylic acids is 1. The number of aliphatic carboxylic acids is 1. The molecule has 0 aliphatic heterocycles. The Hall–Kier alpha value is -1.10. The Bertz CT molecular complexity index is 432. The summed E-state index contributed by atoms with van der Waals surface area (Å²) in [6, 6.07) is 0. The average Bonchev–Trinajstić information content (AvgIpc) is 2.68. The molecule has 0 aliphatic carbocycles. The van der Waals surface area contributed by atoms with Crippen LogP contribution < -0.4 is 0 Å². The third-order valence-electron chi connectivity index (χ3n) is 5.80. The van der Waals surface area contributed by atoms with Crippen LogP contribution in [0.3, 0.4) is 0 Å². The predicted octanol–water partition coefficient (Wildman–Crippen LogP) is 6.73. The molecule has 0 atom stereocenters. The first kappa shape index (κ1) is 29.9. The second-order valence-corrected chi connectivity index (χ2v) is 10.1. The molecule has 0 aliphatic rings. The Labute approximate surface area is 192 Å². The summed E-state index contributed by atoms with van der Waals surface area (Å²) in [5.41, 5.74) is 0. The lowest BCUT2D eigenvalue weighted by Gasteiger charge is -2.23. The number of carboxylic acid groups (broad SMARTS) is 1. The first-order chi connectivity index (χ1) is 14.8. The highest BCUT2D eigenvalue weighted by Gasteiger charge is 2.09. The van der Waals surface area contributed by atoms with E-state index in [9.17, 15) is 9.59 Å². The molecular weight excluding hydrogens is 390 g/mol. The molecule has 5 heteroatoms. The first-order valence-electron chi connectivity index (χ1n) is 13.0. The molecule has 0 spiro atoms. The minimum absolute atomic E-state index is 0.0378. The van der Waals surface area contributed by atoms with Crippen molar-refractivity contribution in [1.29, 1.82) is 0 Å².